The normalized spacial score (nSPS) is 10.7. The molecule has 0 saturated carbocycles. The number of hydrogen-bond donors (Lipinski definition) is 2. The Labute approximate surface area is 172 Å². The van der Waals surface area contributed by atoms with Crippen LogP contribution >= 0.6 is 11.8 Å². The van der Waals surface area contributed by atoms with E-state index in [9.17, 15) is 5.11 Å². The molecule has 3 aromatic rings. The summed E-state index contributed by atoms with van der Waals surface area (Å²) in [5.74, 6) is 0. The summed E-state index contributed by atoms with van der Waals surface area (Å²) in [6.07, 6.45) is 0. The molecule has 4 heteroatoms. The number of aliphatic hydroxyl groups excluding tert-OH is 1. The predicted molar refractivity (Wildman–Crippen MR) is 121 cm³/mol. The lowest BCUT2D eigenvalue weighted by Crippen LogP contribution is -2.31. The second-order valence-electron chi connectivity index (χ2n) is 6.84. The fourth-order valence-corrected chi connectivity index (χ4v) is 4.18. The number of anilines is 2. The van der Waals surface area contributed by atoms with Crippen LogP contribution in [0.5, 0.6) is 0 Å². The second kappa shape index (κ2) is 10.2. The zero-order valence-corrected chi connectivity index (χ0v) is 17.4. The van der Waals surface area contributed by atoms with Gasteiger partial charge in [0.15, 0.2) is 0 Å². The summed E-state index contributed by atoms with van der Waals surface area (Å²) in [5.41, 5.74) is 4.87. The van der Waals surface area contributed by atoms with Crippen molar-refractivity contribution in [1.29, 1.82) is 0 Å². The summed E-state index contributed by atoms with van der Waals surface area (Å²) in [6.45, 7) is 6.70. The molecule has 0 aliphatic carbocycles. The van der Waals surface area contributed by atoms with Crippen LogP contribution in [0.3, 0.4) is 0 Å². The second-order valence-corrected chi connectivity index (χ2v) is 7.92. The highest BCUT2D eigenvalue weighted by Crippen LogP contribution is 2.35. The Morgan fingerprint density at radius 1 is 0.857 bits per heavy atom. The lowest BCUT2D eigenvalue weighted by Gasteiger charge is -2.24. The molecule has 2 N–H and O–H groups in total. The molecule has 3 nitrogen and oxygen atoms in total. The number of aliphatic hydroxyl groups is 1. The van der Waals surface area contributed by atoms with Crippen molar-refractivity contribution in [2.24, 2.45) is 0 Å². The van der Waals surface area contributed by atoms with Crippen molar-refractivity contribution in [3.63, 3.8) is 0 Å². The van der Waals surface area contributed by atoms with E-state index in [2.05, 4.69) is 78.7 Å². The number of para-hydroxylation sites is 2. The van der Waals surface area contributed by atoms with Crippen molar-refractivity contribution in [2.75, 3.05) is 36.5 Å². The quantitative estimate of drug-likeness (QED) is 0.513. The van der Waals surface area contributed by atoms with Gasteiger partial charge in [0.25, 0.3) is 0 Å². The van der Waals surface area contributed by atoms with Crippen LogP contribution in [0.1, 0.15) is 11.1 Å². The average molecular weight is 393 g/mol. The largest absolute Gasteiger partial charge is 0.395 e. The van der Waals surface area contributed by atoms with Gasteiger partial charge < -0.3 is 15.3 Å². The lowest BCUT2D eigenvalue weighted by atomic mass is 10.2. The third-order valence-corrected chi connectivity index (χ3v) is 5.88. The Bertz CT molecular complexity index is 883. The maximum Gasteiger partial charge on any atom is 0.0606 e. The topological polar surface area (TPSA) is 35.5 Å². The first kappa shape index (κ1) is 20.3. The van der Waals surface area contributed by atoms with Gasteiger partial charge in [0, 0.05) is 40.8 Å². The predicted octanol–water partition coefficient (Wildman–Crippen LogP) is 5.37. The zero-order valence-electron chi connectivity index (χ0n) is 16.6. The van der Waals surface area contributed by atoms with Gasteiger partial charge in [-0.1, -0.05) is 59.8 Å². The van der Waals surface area contributed by atoms with Crippen molar-refractivity contribution in [3.05, 3.63) is 83.9 Å². The van der Waals surface area contributed by atoms with E-state index in [4.69, 9.17) is 0 Å². The van der Waals surface area contributed by atoms with Crippen LogP contribution < -0.4 is 10.2 Å². The van der Waals surface area contributed by atoms with E-state index >= 15 is 0 Å². The molecule has 146 valence electrons. The Hall–Kier alpha value is -2.43. The van der Waals surface area contributed by atoms with Crippen molar-refractivity contribution >= 4 is 23.1 Å². The van der Waals surface area contributed by atoms with Crippen molar-refractivity contribution in [3.8, 4) is 0 Å². The Morgan fingerprint density at radius 2 is 1.61 bits per heavy atom. The van der Waals surface area contributed by atoms with Gasteiger partial charge in [-0.15, -0.1) is 0 Å². The molecule has 0 unspecified atom stereocenters. The standard InChI is InChI=1S/C24H28N2OS/c1-19-12-13-23(20(2)18-19)28-24-11-7-6-10-22(24)25-14-15-26(16-17-27)21-8-4-3-5-9-21/h3-13,18,25,27H,14-17H2,1-2H3. The highest BCUT2D eigenvalue weighted by atomic mass is 32.2. The number of benzene rings is 3. The number of nitrogens with one attached hydrogen (secondary N) is 1. The molecule has 0 aliphatic rings. The molecule has 0 aromatic heterocycles. The van der Waals surface area contributed by atoms with E-state index in [0.717, 1.165) is 24.5 Å². The molecule has 3 aromatic carbocycles. The summed E-state index contributed by atoms with van der Waals surface area (Å²) in [4.78, 5) is 4.71. The summed E-state index contributed by atoms with van der Waals surface area (Å²) in [5, 5.41) is 13.0. The fourth-order valence-electron chi connectivity index (χ4n) is 3.19. The van der Waals surface area contributed by atoms with Gasteiger partial charge in [-0.05, 0) is 49.7 Å². The van der Waals surface area contributed by atoms with Crippen LogP contribution in [0.2, 0.25) is 0 Å². The minimum absolute atomic E-state index is 0.147. The van der Waals surface area contributed by atoms with E-state index in [1.165, 1.54) is 20.9 Å². The Kier molecular flexibility index (Phi) is 7.40. The Morgan fingerprint density at radius 3 is 2.36 bits per heavy atom. The van der Waals surface area contributed by atoms with E-state index in [0.29, 0.717) is 6.54 Å². The van der Waals surface area contributed by atoms with Crippen LogP contribution in [0.4, 0.5) is 11.4 Å². The van der Waals surface area contributed by atoms with Crippen molar-refractivity contribution in [2.45, 2.75) is 23.6 Å². The highest BCUT2D eigenvalue weighted by Gasteiger charge is 2.08. The first-order valence-corrected chi connectivity index (χ1v) is 10.5. The molecule has 0 fully saturated rings. The van der Waals surface area contributed by atoms with E-state index < -0.39 is 0 Å². The smallest absolute Gasteiger partial charge is 0.0606 e. The average Bonchev–Trinajstić information content (AvgIpc) is 2.71. The minimum atomic E-state index is 0.147. The molecule has 0 saturated heterocycles. The molecule has 0 bridgehead atoms. The van der Waals surface area contributed by atoms with E-state index in [-0.39, 0.29) is 6.61 Å². The first-order chi connectivity index (χ1) is 13.7. The Balaban J connectivity index is 1.66. The molecule has 0 aliphatic heterocycles. The van der Waals surface area contributed by atoms with E-state index in [1.807, 2.05) is 18.2 Å². The SMILES string of the molecule is Cc1ccc(Sc2ccccc2NCCN(CCO)c2ccccc2)c(C)c1. The zero-order chi connectivity index (χ0) is 19.8. The van der Waals surface area contributed by atoms with Crippen molar-refractivity contribution < 1.29 is 5.11 Å². The fraction of sp³-hybridized carbons (Fsp3) is 0.250. The van der Waals surface area contributed by atoms with Crippen LogP contribution in [0.25, 0.3) is 0 Å². The molecule has 0 atom stereocenters. The first-order valence-electron chi connectivity index (χ1n) is 9.66. The van der Waals surface area contributed by atoms with Gasteiger partial charge in [0.1, 0.15) is 0 Å². The van der Waals surface area contributed by atoms with E-state index in [1.54, 1.807) is 11.8 Å². The monoisotopic (exact) mass is 392 g/mol. The minimum Gasteiger partial charge on any atom is -0.395 e. The molecule has 0 radical (unpaired) electrons. The van der Waals surface area contributed by atoms with Gasteiger partial charge in [0.2, 0.25) is 0 Å². The van der Waals surface area contributed by atoms with Crippen molar-refractivity contribution in [1.82, 2.24) is 0 Å². The molecule has 0 amide bonds. The molecular formula is C24H28N2OS. The molecule has 0 heterocycles. The number of aryl methyl sites for hydroxylation is 2. The third-order valence-electron chi connectivity index (χ3n) is 4.63. The van der Waals surface area contributed by atoms with Gasteiger partial charge in [0.05, 0.1) is 6.61 Å². The van der Waals surface area contributed by atoms with Crippen LogP contribution in [-0.2, 0) is 0 Å². The highest BCUT2D eigenvalue weighted by molar-refractivity contribution is 7.99. The summed E-state index contributed by atoms with van der Waals surface area (Å²) < 4.78 is 0. The maximum atomic E-state index is 9.40. The number of nitrogens with zero attached hydrogens (tertiary/aromatic N) is 1. The molecule has 28 heavy (non-hydrogen) atoms. The van der Waals surface area contributed by atoms with Crippen LogP contribution in [-0.4, -0.2) is 31.3 Å². The molecule has 0 spiro atoms. The third kappa shape index (κ3) is 5.54. The van der Waals surface area contributed by atoms with Gasteiger partial charge in [-0.3, -0.25) is 0 Å². The molecular weight excluding hydrogens is 364 g/mol. The van der Waals surface area contributed by atoms with Crippen LogP contribution in [0.15, 0.2) is 82.6 Å². The maximum absolute atomic E-state index is 9.40. The molecule has 3 rings (SSSR count). The number of rotatable bonds is 9. The van der Waals surface area contributed by atoms with Crippen LogP contribution in [0, 0.1) is 13.8 Å². The van der Waals surface area contributed by atoms with Gasteiger partial charge in [-0.2, -0.15) is 0 Å². The number of hydrogen-bond acceptors (Lipinski definition) is 4. The summed E-state index contributed by atoms with van der Waals surface area (Å²) in [6, 6.07) is 25.3. The summed E-state index contributed by atoms with van der Waals surface area (Å²) >= 11 is 1.80. The summed E-state index contributed by atoms with van der Waals surface area (Å²) in [7, 11) is 0. The lowest BCUT2D eigenvalue weighted by molar-refractivity contribution is 0.302. The van der Waals surface area contributed by atoms with Gasteiger partial charge >= 0.3 is 0 Å². The van der Waals surface area contributed by atoms with Gasteiger partial charge in [-0.25, -0.2) is 0 Å².